The Balaban J connectivity index is 1.55. The molecule has 4 rings (SSSR count). The molecule has 1 aromatic carbocycles. The van der Waals surface area contributed by atoms with Crippen molar-refractivity contribution in [3.63, 3.8) is 0 Å². The van der Waals surface area contributed by atoms with Crippen LogP contribution in [0.1, 0.15) is 37.0 Å². The van der Waals surface area contributed by atoms with Crippen LogP contribution in [-0.4, -0.2) is 62.1 Å². The number of ether oxygens (including phenoxy) is 2. The number of thiophene rings is 1. The monoisotopic (exact) mass is 585 g/mol. The van der Waals surface area contributed by atoms with Gasteiger partial charge in [0.15, 0.2) is 4.80 Å². The third-order valence-electron chi connectivity index (χ3n) is 6.01. The number of piperidine rings is 1. The van der Waals surface area contributed by atoms with Gasteiger partial charge in [0.05, 0.1) is 33.3 Å². The number of halogens is 1. The van der Waals surface area contributed by atoms with Gasteiger partial charge in [0.1, 0.15) is 4.21 Å². The van der Waals surface area contributed by atoms with E-state index >= 15 is 0 Å². The summed E-state index contributed by atoms with van der Waals surface area (Å²) < 4.78 is 41.1. The van der Waals surface area contributed by atoms with Crippen molar-refractivity contribution in [3.8, 4) is 0 Å². The van der Waals surface area contributed by atoms with Crippen molar-refractivity contribution in [2.24, 2.45) is 10.9 Å². The summed E-state index contributed by atoms with van der Waals surface area (Å²) in [5.74, 6) is -1.06. The lowest BCUT2D eigenvalue weighted by Crippen LogP contribution is -2.40. The van der Waals surface area contributed by atoms with Crippen molar-refractivity contribution >= 4 is 66.4 Å². The van der Waals surface area contributed by atoms with Gasteiger partial charge in [-0.25, -0.2) is 13.2 Å². The van der Waals surface area contributed by atoms with E-state index in [9.17, 15) is 18.0 Å². The summed E-state index contributed by atoms with van der Waals surface area (Å²) in [6.07, 6.45) is 0.773. The number of fused-ring (bicyclic) bond motifs is 1. The second-order valence-electron chi connectivity index (χ2n) is 8.32. The van der Waals surface area contributed by atoms with Gasteiger partial charge in [-0.15, -0.1) is 11.3 Å². The molecule has 1 saturated heterocycles. The molecule has 1 amide bonds. The maximum absolute atomic E-state index is 13.2. The van der Waals surface area contributed by atoms with Crippen LogP contribution in [0.5, 0.6) is 0 Å². The standard InChI is InChI=1S/C24H28ClN3O6S3/c1-3-33-14-13-28-18-6-5-17(23(30)34-4-2)15-19(18)35-24(28)26-22(29)16-9-11-27(12-10-16)37(31,32)21-8-7-20(25)36-21/h5-8,15-16H,3-4,9-14H2,1-2H3. The zero-order valence-corrected chi connectivity index (χ0v) is 23.7. The second-order valence-corrected chi connectivity index (χ2v) is 13.2. The van der Waals surface area contributed by atoms with Crippen LogP contribution >= 0.6 is 34.3 Å². The molecule has 0 radical (unpaired) electrons. The Hall–Kier alpha value is -2.09. The smallest absolute Gasteiger partial charge is 0.338 e. The number of carbonyl (C=O) groups is 2. The first-order valence-electron chi connectivity index (χ1n) is 12.0. The molecule has 13 heteroatoms. The first-order chi connectivity index (χ1) is 17.7. The number of carbonyl (C=O) groups excluding carboxylic acids is 2. The highest BCUT2D eigenvalue weighted by Gasteiger charge is 2.33. The summed E-state index contributed by atoms with van der Waals surface area (Å²) >= 11 is 8.26. The number of sulfonamides is 1. The van der Waals surface area contributed by atoms with E-state index in [0.29, 0.717) is 47.3 Å². The second kappa shape index (κ2) is 12.2. The van der Waals surface area contributed by atoms with Crippen molar-refractivity contribution < 1.29 is 27.5 Å². The molecule has 0 aliphatic carbocycles. The SMILES string of the molecule is CCOCCn1c(=NC(=O)C2CCN(S(=O)(=O)c3ccc(Cl)s3)CC2)sc2cc(C(=O)OCC)ccc21. The molecular formula is C24H28ClN3O6S3. The summed E-state index contributed by atoms with van der Waals surface area (Å²) in [6.45, 7) is 5.95. The highest BCUT2D eigenvalue weighted by molar-refractivity contribution is 7.91. The maximum atomic E-state index is 13.2. The molecule has 9 nitrogen and oxygen atoms in total. The third-order valence-corrected chi connectivity index (χ3v) is 10.6. The zero-order chi connectivity index (χ0) is 26.6. The molecule has 0 atom stereocenters. The highest BCUT2D eigenvalue weighted by atomic mass is 35.5. The number of amides is 1. The van der Waals surface area contributed by atoms with Gasteiger partial charge in [-0.1, -0.05) is 22.9 Å². The van der Waals surface area contributed by atoms with Gasteiger partial charge >= 0.3 is 5.97 Å². The molecule has 0 bridgehead atoms. The molecule has 3 heterocycles. The normalized spacial score (nSPS) is 15.9. The van der Waals surface area contributed by atoms with E-state index in [1.54, 1.807) is 25.1 Å². The fourth-order valence-corrected chi connectivity index (χ4v) is 8.32. The summed E-state index contributed by atoms with van der Waals surface area (Å²) in [6, 6.07) is 8.35. The van der Waals surface area contributed by atoms with Crippen LogP contribution in [0.2, 0.25) is 4.34 Å². The van der Waals surface area contributed by atoms with Gasteiger partial charge in [0.25, 0.3) is 15.9 Å². The number of hydrogen-bond donors (Lipinski definition) is 0. The van der Waals surface area contributed by atoms with Gasteiger partial charge in [0.2, 0.25) is 0 Å². The molecule has 0 spiro atoms. The van der Waals surface area contributed by atoms with Crippen LogP contribution in [0.25, 0.3) is 10.2 Å². The maximum Gasteiger partial charge on any atom is 0.338 e. The van der Waals surface area contributed by atoms with Crippen LogP contribution in [0.15, 0.2) is 39.5 Å². The summed E-state index contributed by atoms with van der Waals surface area (Å²) in [7, 11) is -3.63. The van der Waals surface area contributed by atoms with Gasteiger partial charge in [-0.05, 0) is 57.0 Å². The Morgan fingerprint density at radius 1 is 1.11 bits per heavy atom. The molecule has 1 aliphatic rings. The molecule has 1 aliphatic heterocycles. The van der Waals surface area contributed by atoms with Gasteiger partial charge < -0.3 is 14.0 Å². The van der Waals surface area contributed by atoms with Crippen molar-refractivity contribution in [3.05, 3.63) is 45.0 Å². The fourth-order valence-electron chi connectivity index (χ4n) is 4.11. The first-order valence-corrected chi connectivity index (χ1v) is 15.4. The topological polar surface area (TPSA) is 107 Å². The number of hydrogen-bond acceptors (Lipinski definition) is 8. The van der Waals surface area contributed by atoms with Crippen LogP contribution < -0.4 is 4.80 Å². The number of rotatable bonds is 9. The number of thiazole rings is 1. The first kappa shape index (κ1) is 27.9. The van der Waals surface area contributed by atoms with Crippen LogP contribution in [-0.2, 0) is 30.8 Å². The van der Waals surface area contributed by atoms with Crippen LogP contribution in [0.4, 0.5) is 0 Å². The van der Waals surface area contributed by atoms with Gasteiger partial charge in [0, 0.05) is 32.2 Å². The largest absolute Gasteiger partial charge is 0.462 e. The Labute approximate surface area is 228 Å². The molecule has 37 heavy (non-hydrogen) atoms. The average molecular weight is 586 g/mol. The lowest BCUT2D eigenvalue weighted by molar-refractivity contribution is -0.122. The van der Waals surface area contributed by atoms with Crippen molar-refractivity contribution in [1.29, 1.82) is 0 Å². The molecule has 0 N–H and O–H groups in total. The minimum Gasteiger partial charge on any atom is -0.462 e. The van der Waals surface area contributed by atoms with Gasteiger partial charge in [-0.3, -0.25) is 4.79 Å². The predicted molar refractivity (Wildman–Crippen MR) is 144 cm³/mol. The van der Waals surface area contributed by atoms with Crippen molar-refractivity contribution in [1.82, 2.24) is 8.87 Å². The minimum absolute atomic E-state index is 0.203. The third kappa shape index (κ3) is 6.32. The van der Waals surface area contributed by atoms with E-state index in [2.05, 4.69) is 4.99 Å². The van der Waals surface area contributed by atoms with E-state index in [4.69, 9.17) is 21.1 Å². The Morgan fingerprint density at radius 2 is 1.86 bits per heavy atom. The Morgan fingerprint density at radius 3 is 2.51 bits per heavy atom. The van der Waals surface area contributed by atoms with Gasteiger partial charge in [-0.2, -0.15) is 9.30 Å². The van der Waals surface area contributed by atoms with E-state index < -0.39 is 16.0 Å². The zero-order valence-electron chi connectivity index (χ0n) is 20.5. The fraction of sp³-hybridized carbons (Fsp3) is 0.458. The quantitative estimate of drug-likeness (QED) is 0.276. The Kier molecular flexibility index (Phi) is 9.20. The lowest BCUT2D eigenvalue weighted by atomic mass is 9.98. The van der Waals surface area contributed by atoms with E-state index in [1.165, 1.54) is 21.7 Å². The lowest BCUT2D eigenvalue weighted by Gasteiger charge is -2.29. The average Bonchev–Trinajstić information content (AvgIpc) is 3.47. The molecule has 2 aromatic heterocycles. The minimum atomic E-state index is -3.63. The number of benzene rings is 1. The highest BCUT2D eigenvalue weighted by Crippen LogP contribution is 2.31. The predicted octanol–water partition coefficient (Wildman–Crippen LogP) is 4.16. The summed E-state index contributed by atoms with van der Waals surface area (Å²) in [5, 5.41) is 0. The molecule has 0 saturated carbocycles. The van der Waals surface area contributed by atoms with Crippen molar-refractivity contribution in [2.75, 3.05) is 32.9 Å². The summed E-state index contributed by atoms with van der Waals surface area (Å²) in [5.41, 5.74) is 1.28. The van der Waals surface area contributed by atoms with E-state index in [0.717, 1.165) is 21.6 Å². The molecule has 200 valence electrons. The summed E-state index contributed by atoms with van der Waals surface area (Å²) in [4.78, 5) is 30.3. The van der Waals surface area contributed by atoms with Crippen molar-refractivity contribution in [2.45, 2.75) is 37.4 Å². The van der Waals surface area contributed by atoms with E-state index in [-0.39, 0.29) is 35.7 Å². The molecule has 0 unspecified atom stereocenters. The number of nitrogens with zero attached hydrogens (tertiary/aromatic N) is 3. The van der Waals surface area contributed by atoms with Crippen LogP contribution in [0, 0.1) is 5.92 Å². The molecular weight excluding hydrogens is 558 g/mol. The number of esters is 1. The molecule has 3 aromatic rings. The number of aromatic nitrogens is 1. The molecule has 1 fully saturated rings. The van der Waals surface area contributed by atoms with E-state index in [1.807, 2.05) is 17.6 Å². The van der Waals surface area contributed by atoms with Crippen LogP contribution in [0.3, 0.4) is 0 Å². The Bertz CT molecular complexity index is 1450.